The molecule has 0 aromatic heterocycles. The van der Waals surface area contributed by atoms with E-state index < -0.39 is 5.97 Å². The fraction of sp³-hybridized carbons (Fsp3) is 0.115. The van der Waals surface area contributed by atoms with Crippen LogP contribution in [-0.4, -0.2) is 41.1 Å². The Labute approximate surface area is 210 Å². The number of aliphatic imine (C=N–C) groups is 1. The van der Waals surface area contributed by atoms with Gasteiger partial charge in [0.25, 0.3) is 5.91 Å². The van der Waals surface area contributed by atoms with E-state index in [-0.39, 0.29) is 18.0 Å². The minimum atomic E-state index is -0.984. The maximum Gasteiger partial charge on any atom is 0.335 e. The molecule has 1 N–H and O–H groups in total. The molecule has 0 aliphatic carbocycles. The maximum atomic E-state index is 13.4. The number of rotatable bonds is 6. The van der Waals surface area contributed by atoms with Gasteiger partial charge in [-0.1, -0.05) is 36.4 Å². The van der Waals surface area contributed by atoms with Crippen molar-refractivity contribution in [3.05, 3.63) is 98.9 Å². The Morgan fingerprint density at radius 1 is 1.09 bits per heavy atom. The van der Waals surface area contributed by atoms with Crippen molar-refractivity contribution in [2.45, 2.75) is 6.54 Å². The lowest BCUT2D eigenvalue weighted by atomic mass is 10.1. The average Bonchev–Trinajstić information content (AvgIpc) is 3.08. The number of carbonyl (C=O) groups excluding carboxylic acids is 1. The van der Waals surface area contributed by atoms with E-state index in [1.807, 2.05) is 73.6 Å². The fourth-order valence-corrected chi connectivity index (χ4v) is 5.16. The van der Waals surface area contributed by atoms with Crippen molar-refractivity contribution in [3.63, 3.8) is 0 Å². The molecule has 8 heteroatoms. The van der Waals surface area contributed by atoms with Crippen LogP contribution in [0.5, 0.6) is 0 Å². The largest absolute Gasteiger partial charge is 0.478 e. The van der Waals surface area contributed by atoms with Crippen molar-refractivity contribution in [2.75, 3.05) is 19.0 Å². The highest BCUT2D eigenvalue weighted by Crippen LogP contribution is 2.36. The van der Waals surface area contributed by atoms with Crippen molar-refractivity contribution >= 4 is 62.2 Å². The highest BCUT2D eigenvalue weighted by molar-refractivity contribution is 9.10. The Hall–Kier alpha value is -3.36. The number of benzene rings is 3. The number of hydrogen-bond acceptors (Lipinski definition) is 5. The van der Waals surface area contributed by atoms with Crippen LogP contribution in [0, 0.1) is 0 Å². The van der Waals surface area contributed by atoms with Gasteiger partial charge in [-0.25, -0.2) is 9.79 Å². The second-order valence-electron chi connectivity index (χ2n) is 7.84. The first kappa shape index (κ1) is 23.8. The molecule has 34 heavy (non-hydrogen) atoms. The first-order chi connectivity index (χ1) is 16.3. The third-order valence-electron chi connectivity index (χ3n) is 5.16. The second-order valence-corrected chi connectivity index (χ2v) is 9.70. The highest BCUT2D eigenvalue weighted by atomic mass is 79.9. The molecular weight excluding hydrogens is 514 g/mol. The molecule has 1 aliphatic heterocycles. The van der Waals surface area contributed by atoms with Gasteiger partial charge < -0.3 is 10.0 Å². The molecule has 0 saturated carbocycles. The normalized spacial score (nSPS) is 15.9. The maximum absolute atomic E-state index is 13.4. The number of halogens is 1. The zero-order valence-electron chi connectivity index (χ0n) is 18.6. The van der Waals surface area contributed by atoms with Crippen molar-refractivity contribution in [1.29, 1.82) is 0 Å². The van der Waals surface area contributed by atoms with Gasteiger partial charge in [-0.05, 0) is 81.3 Å². The van der Waals surface area contributed by atoms with E-state index in [1.54, 1.807) is 29.2 Å². The molecular formula is C26H22BrN3O3S. The van der Waals surface area contributed by atoms with Gasteiger partial charge in [0.05, 0.1) is 28.4 Å². The SMILES string of the molecule is CN(C)c1ccc(C=C2SC(=Nc3ccccc3)N(Cc3ccc(C(=O)O)cc3)C2=O)cc1Br. The number of nitrogens with zero attached hydrogens (tertiary/aromatic N) is 3. The Bertz CT molecular complexity index is 1290. The topological polar surface area (TPSA) is 73.2 Å². The molecule has 1 fully saturated rings. The van der Waals surface area contributed by atoms with Crippen LogP contribution < -0.4 is 4.90 Å². The van der Waals surface area contributed by atoms with E-state index in [0.717, 1.165) is 27.0 Å². The van der Waals surface area contributed by atoms with Gasteiger partial charge in [0.1, 0.15) is 0 Å². The zero-order valence-corrected chi connectivity index (χ0v) is 21.0. The molecule has 1 saturated heterocycles. The number of aromatic carboxylic acids is 1. The minimum absolute atomic E-state index is 0.144. The van der Waals surface area contributed by atoms with Crippen LogP contribution in [0.25, 0.3) is 6.08 Å². The molecule has 0 atom stereocenters. The minimum Gasteiger partial charge on any atom is -0.478 e. The van der Waals surface area contributed by atoms with E-state index in [0.29, 0.717) is 10.1 Å². The summed E-state index contributed by atoms with van der Waals surface area (Å²) in [5, 5.41) is 9.73. The summed E-state index contributed by atoms with van der Waals surface area (Å²) < 4.78 is 0.941. The summed E-state index contributed by atoms with van der Waals surface area (Å²) in [5.74, 6) is -1.13. The van der Waals surface area contributed by atoms with Crippen LogP contribution in [0.2, 0.25) is 0 Å². The van der Waals surface area contributed by atoms with Crippen molar-refractivity contribution in [2.24, 2.45) is 4.99 Å². The summed E-state index contributed by atoms with van der Waals surface area (Å²) in [6.45, 7) is 0.290. The lowest BCUT2D eigenvalue weighted by Crippen LogP contribution is -2.28. The Balaban J connectivity index is 1.67. The van der Waals surface area contributed by atoms with Gasteiger partial charge in [0.15, 0.2) is 5.17 Å². The van der Waals surface area contributed by atoms with Crippen LogP contribution in [0.15, 0.2) is 87.2 Å². The Morgan fingerprint density at radius 3 is 2.41 bits per heavy atom. The van der Waals surface area contributed by atoms with E-state index in [9.17, 15) is 9.59 Å². The number of hydrogen-bond donors (Lipinski definition) is 1. The van der Waals surface area contributed by atoms with E-state index in [1.165, 1.54) is 11.8 Å². The number of amides is 1. The summed E-state index contributed by atoms with van der Waals surface area (Å²) in [6, 6.07) is 22.0. The van der Waals surface area contributed by atoms with Gasteiger partial charge >= 0.3 is 5.97 Å². The molecule has 4 rings (SSSR count). The third-order valence-corrected chi connectivity index (χ3v) is 6.80. The van der Waals surface area contributed by atoms with Crippen molar-refractivity contribution in [3.8, 4) is 0 Å². The lowest BCUT2D eigenvalue weighted by Gasteiger charge is -2.16. The monoisotopic (exact) mass is 535 g/mol. The van der Waals surface area contributed by atoms with E-state index in [4.69, 9.17) is 10.1 Å². The summed E-state index contributed by atoms with van der Waals surface area (Å²) in [5.41, 5.74) is 3.73. The number of thioether (sulfide) groups is 1. The quantitative estimate of drug-likeness (QED) is 0.391. The summed E-state index contributed by atoms with van der Waals surface area (Å²) in [4.78, 5) is 33.5. The van der Waals surface area contributed by atoms with Crippen LogP contribution in [0.1, 0.15) is 21.5 Å². The standard InChI is InChI=1S/C26H22BrN3O3S/c1-29(2)22-13-10-18(14-21(22)27)15-23-24(31)30(16-17-8-11-19(12-9-17)25(32)33)26(34-23)28-20-6-4-3-5-7-20/h3-15H,16H2,1-2H3,(H,32,33). The molecule has 0 radical (unpaired) electrons. The number of anilines is 1. The molecule has 1 heterocycles. The van der Waals surface area contributed by atoms with Crippen LogP contribution in [-0.2, 0) is 11.3 Å². The smallest absolute Gasteiger partial charge is 0.335 e. The van der Waals surface area contributed by atoms with E-state index >= 15 is 0 Å². The van der Waals surface area contributed by atoms with E-state index in [2.05, 4.69) is 15.9 Å². The van der Waals surface area contributed by atoms with Crippen molar-refractivity contribution < 1.29 is 14.7 Å². The van der Waals surface area contributed by atoms with Crippen LogP contribution in [0.3, 0.4) is 0 Å². The Kier molecular flexibility index (Phi) is 7.19. The molecule has 0 spiro atoms. The molecule has 6 nitrogen and oxygen atoms in total. The molecule has 3 aromatic rings. The van der Waals surface area contributed by atoms with Gasteiger partial charge in [-0.3, -0.25) is 9.69 Å². The van der Waals surface area contributed by atoms with Crippen LogP contribution in [0.4, 0.5) is 11.4 Å². The highest BCUT2D eigenvalue weighted by Gasteiger charge is 2.33. The molecule has 0 bridgehead atoms. The molecule has 172 valence electrons. The number of carboxylic acids is 1. The third kappa shape index (κ3) is 5.40. The predicted octanol–water partition coefficient (Wildman–Crippen LogP) is 6.02. The first-order valence-electron chi connectivity index (χ1n) is 10.5. The van der Waals surface area contributed by atoms with Gasteiger partial charge in [-0.15, -0.1) is 0 Å². The van der Waals surface area contributed by atoms with Crippen LogP contribution >= 0.6 is 27.7 Å². The van der Waals surface area contributed by atoms with Gasteiger partial charge in [-0.2, -0.15) is 0 Å². The molecule has 1 aliphatic rings. The predicted molar refractivity (Wildman–Crippen MR) is 142 cm³/mol. The number of carbonyl (C=O) groups is 2. The molecule has 0 unspecified atom stereocenters. The summed E-state index contributed by atoms with van der Waals surface area (Å²) >= 11 is 4.93. The number of para-hydroxylation sites is 1. The number of amidine groups is 1. The van der Waals surface area contributed by atoms with Gasteiger partial charge in [0, 0.05) is 18.6 Å². The molecule has 1 amide bonds. The fourth-order valence-electron chi connectivity index (χ4n) is 3.41. The lowest BCUT2D eigenvalue weighted by molar-refractivity contribution is -0.122. The number of carboxylic acid groups (broad SMARTS) is 1. The summed E-state index contributed by atoms with van der Waals surface area (Å²) in [7, 11) is 3.95. The summed E-state index contributed by atoms with van der Waals surface area (Å²) in [6.07, 6.45) is 1.87. The van der Waals surface area contributed by atoms with Gasteiger partial charge in [0.2, 0.25) is 0 Å². The zero-order chi connectivity index (χ0) is 24.2. The molecule has 3 aromatic carbocycles. The second kappa shape index (κ2) is 10.3. The average molecular weight is 536 g/mol. The van der Waals surface area contributed by atoms with Crippen molar-refractivity contribution in [1.82, 2.24) is 4.90 Å². The first-order valence-corrected chi connectivity index (χ1v) is 12.1. The Morgan fingerprint density at radius 2 is 1.79 bits per heavy atom.